The van der Waals surface area contributed by atoms with Crippen molar-refractivity contribution in [3.63, 3.8) is 0 Å². The molecule has 0 spiro atoms. The summed E-state index contributed by atoms with van der Waals surface area (Å²) in [6.45, 7) is 6.16. The lowest BCUT2D eigenvalue weighted by atomic mass is 10.0. The fraction of sp³-hybridized carbons (Fsp3) is 0.625. The van der Waals surface area contributed by atoms with Crippen LogP contribution in [-0.4, -0.2) is 36.8 Å². The Bertz CT molecular complexity index is 421. The first-order valence-corrected chi connectivity index (χ1v) is 8.91. The van der Waals surface area contributed by atoms with E-state index in [0.717, 1.165) is 42.5 Å². The largest absolute Gasteiger partial charge is 0.375 e. The fourth-order valence-corrected chi connectivity index (χ4v) is 3.71. The lowest BCUT2D eigenvalue weighted by Gasteiger charge is -2.31. The summed E-state index contributed by atoms with van der Waals surface area (Å²) in [7, 11) is 0. The second-order valence-corrected chi connectivity index (χ2v) is 6.90. The number of rotatable bonds is 6. The van der Waals surface area contributed by atoms with E-state index in [4.69, 9.17) is 16.3 Å². The van der Waals surface area contributed by atoms with Gasteiger partial charge in [0.25, 0.3) is 0 Å². The van der Waals surface area contributed by atoms with Crippen LogP contribution in [0, 0.1) is 6.92 Å². The molecule has 0 aliphatic carbocycles. The Labute approximate surface area is 131 Å². The molecule has 1 saturated heterocycles. The zero-order valence-electron chi connectivity index (χ0n) is 12.3. The molecule has 0 saturated carbocycles. The highest BCUT2D eigenvalue weighted by atomic mass is 35.5. The number of thioether (sulfide) groups is 1. The number of hydrogen-bond acceptors (Lipinski definition) is 3. The van der Waals surface area contributed by atoms with Crippen molar-refractivity contribution >= 4 is 23.4 Å². The molecule has 1 fully saturated rings. The molecular weight excluding hydrogens is 290 g/mol. The van der Waals surface area contributed by atoms with E-state index in [1.165, 1.54) is 11.1 Å². The number of halogens is 1. The van der Waals surface area contributed by atoms with Gasteiger partial charge in [-0.15, -0.1) is 0 Å². The Morgan fingerprint density at radius 2 is 2.35 bits per heavy atom. The summed E-state index contributed by atoms with van der Waals surface area (Å²) in [5.41, 5.74) is 2.42. The van der Waals surface area contributed by atoms with Gasteiger partial charge in [-0.25, -0.2) is 0 Å². The molecule has 20 heavy (non-hydrogen) atoms. The number of nitrogens with one attached hydrogen (secondary N) is 1. The van der Waals surface area contributed by atoms with Crippen molar-refractivity contribution in [1.29, 1.82) is 0 Å². The second kappa shape index (κ2) is 8.28. The molecule has 112 valence electrons. The maximum atomic E-state index is 6.37. The Morgan fingerprint density at radius 3 is 3.00 bits per heavy atom. The Kier molecular flexibility index (Phi) is 6.69. The minimum absolute atomic E-state index is 0.290. The Hall–Kier alpha value is -0.220. The Morgan fingerprint density at radius 1 is 1.50 bits per heavy atom. The van der Waals surface area contributed by atoms with Crippen LogP contribution in [0.3, 0.4) is 0 Å². The highest BCUT2D eigenvalue weighted by molar-refractivity contribution is 7.99. The van der Waals surface area contributed by atoms with Crippen LogP contribution in [-0.2, 0) is 11.2 Å². The van der Waals surface area contributed by atoms with Gasteiger partial charge >= 0.3 is 0 Å². The summed E-state index contributed by atoms with van der Waals surface area (Å²) in [4.78, 5) is 0. The van der Waals surface area contributed by atoms with Gasteiger partial charge in [-0.3, -0.25) is 0 Å². The molecule has 1 N–H and O–H groups in total. The third-order valence-corrected chi connectivity index (χ3v) is 4.97. The van der Waals surface area contributed by atoms with Crippen molar-refractivity contribution in [3.8, 4) is 0 Å². The quantitative estimate of drug-likeness (QED) is 0.865. The number of ether oxygens (including phenoxy) is 1. The van der Waals surface area contributed by atoms with E-state index in [2.05, 4.69) is 31.3 Å². The van der Waals surface area contributed by atoms with Gasteiger partial charge in [-0.1, -0.05) is 30.7 Å². The third-order valence-electron chi connectivity index (χ3n) is 3.60. The van der Waals surface area contributed by atoms with Gasteiger partial charge in [0.05, 0.1) is 12.7 Å². The zero-order valence-corrected chi connectivity index (χ0v) is 13.9. The first-order valence-electron chi connectivity index (χ1n) is 7.38. The fourth-order valence-electron chi connectivity index (χ4n) is 2.46. The summed E-state index contributed by atoms with van der Waals surface area (Å²) in [6.07, 6.45) is 2.36. The predicted octanol–water partition coefficient (Wildman–Crippen LogP) is 3.69. The first-order chi connectivity index (χ1) is 9.70. The molecule has 1 aliphatic heterocycles. The molecule has 0 bridgehead atoms. The summed E-state index contributed by atoms with van der Waals surface area (Å²) in [5, 5.41) is 4.50. The van der Waals surface area contributed by atoms with Gasteiger partial charge in [0.1, 0.15) is 0 Å². The number of hydrogen-bond donors (Lipinski definition) is 1. The molecule has 2 rings (SSSR count). The summed E-state index contributed by atoms with van der Waals surface area (Å²) >= 11 is 8.36. The molecule has 0 amide bonds. The highest BCUT2D eigenvalue weighted by Gasteiger charge is 2.25. The zero-order chi connectivity index (χ0) is 14.4. The van der Waals surface area contributed by atoms with Gasteiger partial charge in [-0.2, -0.15) is 11.8 Å². The average molecular weight is 314 g/mol. The Balaban J connectivity index is 2.05. The molecule has 1 heterocycles. The van der Waals surface area contributed by atoms with Crippen molar-refractivity contribution in [3.05, 3.63) is 34.3 Å². The molecule has 0 aromatic heterocycles. The van der Waals surface area contributed by atoms with Crippen LogP contribution in [0.25, 0.3) is 0 Å². The van der Waals surface area contributed by atoms with Gasteiger partial charge in [0.2, 0.25) is 0 Å². The second-order valence-electron chi connectivity index (χ2n) is 5.34. The van der Waals surface area contributed by atoms with E-state index in [-0.39, 0.29) is 6.10 Å². The van der Waals surface area contributed by atoms with Crippen molar-refractivity contribution in [2.45, 2.75) is 38.8 Å². The van der Waals surface area contributed by atoms with Gasteiger partial charge < -0.3 is 10.1 Å². The van der Waals surface area contributed by atoms with Crippen LogP contribution in [0.5, 0.6) is 0 Å². The first kappa shape index (κ1) is 16.2. The minimum atomic E-state index is 0.290. The van der Waals surface area contributed by atoms with Crippen molar-refractivity contribution in [1.82, 2.24) is 5.32 Å². The van der Waals surface area contributed by atoms with Crippen LogP contribution < -0.4 is 5.32 Å². The topological polar surface area (TPSA) is 21.3 Å². The molecule has 1 aliphatic rings. The summed E-state index contributed by atoms with van der Waals surface area (Å²) in [6, 6.07) is 6.68. The summed E-state index contributed by atoms with van der Waals surface area (Å²) < 4.78 is 5.95. The van der Waals surface area contributed by atoms with Crippen LogP contribution >= 0.6 is 23.4 Å². The van der Waals surface area contributed by atoms with Gasteiger partial charge in [0, 0.05) is 22.6 Å². The lowest BCUT2D eigenvalue weighted by Crippen LogP contribution is -2.46. The molecule has 1 aromatic carbocycles. The van der Waals surface area contributed by atoms with Crippen molar-refractivity contribution in [2.75, 3.05) is 24.7 Å². The minimum Gasteiger partial charge on any atom is -0.375 e. The molecule has 1 aromatic rings. The van der Waals surface area contributed by atoms with E-state index < -0.39 is 0 Å². The standard InChI is InChI=1S/C16H24ClNOS/c1-3-6-18-15(16-11-20-8-7-19-16)10-13-5-4-12(2)9-14(13)17/h4-5,9,15-16,18H,3,6-8,10-11H2,1-2H3. The van der Waals surface area contributed by atoms with Crippen LogP contribution in [0.1, 0.15) is 24.5 Å². The molecule has 4 heteroatoms. The van der Waals surface area contributed by atoms with Crippen molar-refractivity contribution in [2.24, 2.45) is 0 Å². The van der Waals surface area contributed by atoms with Crippen LogP contribution in [0.4, 0.5) is 0 Å². The maximum Gasteiger partial charge on any atom is 0.0821 e. The van der Waals surface area contributed by atoms with Gasteiger partial charge in [0.15, 0.2) is 0 Å². The molecule has 2 nitrogen and oxygen atoms in total. The van der Waals surface area contributed by atoms with E-state index in [0.29, 0.717) is 6.04 Å². The monoisotopic (exact) mass is 313 g/mol. The normalized spacial score (nSPS) is 20.9. The predicted molar refractivity (Wildman–Crippen MR) is 89.0 cm³/mol. The number of benzene rings is 1. The van der Waals surface area contributed by atoms with E-state index in [1.54, 1.807) is 0 Å². The van der Waals surface area contributed by atoms with Gasteiger partial charge in [-0.05, 0) is 43.5 Å². The summed E-state index contributed by atoms with van der Waals surface area (Å²) in [5.74, 6) is 2.19. The third kappa shape index (κ3) is 4.66. The maximum absolute atomic E-state index is 6.37. The molecule has 2 unspecified atom stereocenters. The number of aryl methyl sites for hydroxylation is 1. The highest BCUT2D eigenvalue weighted by Crippen LogP contribution is 2.23. The molecule has 0 radical (unpaired) electrons. The smallest absolute Gasteiger partial charge is 0.0821 e. The van der Waals surface area contributed by atoms with Crippen LogP contribution in [0.15, 0.2) is 18.2 Å². The van der Waals surface area contributed by atoms with E-state index >= 15 is 0 Å². The van der Waals surface area contributed by atoms with E-state index in [1.807, 2.05) is 17.8 Å². The van der Waals surface area contributed by atoms with E-state index in [9.17, 15) is 0 Å². The van der Waals surface area contributed by atoms with Crippen LogP contribution in [0.2, 0.25) is 5.02 Å². The lowest BCUT2D eigenvalue weighted by molar-refractivity contribution is 0.0472. The SMILES string of the molecule is CCCNC(Cc1ccc(C)cc1Cl)C1CSCCO1. The van der Waals surface area contributed by atoms with Crippen molar-refractivity contribution < 1.29 is 4.74 Å². The average Bonchev–Trinajstić information content (AvgIpc) is 2.46. The molecule has 2 atom stereocenters. The molecular formula is C16H24ClNOS.